The summed E-state index contributed by atoms with van der Waals surface area (Å²) in [6.45, 7) is 4.34. The summed E-state index contributed by atoms with van der Waals surface area (Å²) in [6, 6.07) is 10.4. The zero-order valence-electron chi connectivity index (χ0n) is 10.7. The van der Waals surface area contributed by atoms with Gasteiger partial charge < -0.3 is 4.90 Å². The summed E-state index contributed by atoms with van der Waals surface area (Å²) in [5.41, 5.74) is 0.813. The Morgan fingerprint density at radius 2 is 1.59 bits per heavy atom. The summed E-state index contributed by atoms with van der Waals surface area (Å²) in [5, 5.41) is 0. The van der Waals surface area contributed by atoms with Gasteiger partial charge in [-0.15, -0.1) is 0 Å². The Balaban J connectivity index is 2.21. The lowest BCUT2D eigenvalue weighted by Crippen LogP contribution is -2.43. The quantitative estimate of drug-likeness (QED) is 0.724. The van der Waals surface area contributed by atoms with Crippen molar-refractivity contribution in [1.82, 2.24) is 4.90 Å². The van der Waals surface area contributed by atoms with Crippen molar-refractivity contribution < 1.29 is 4.79 Å². The molecule has 2 rings (SSSR count). The molecule has 92 valence electrons. The maximum atomic E-state index is 12.5. The number of benzene rings is 1. The summed E-state index contributed by atoms with van der Waals surface area (Å²) in [5.74, 6) is 0.188. The first kappa shape index (κ1) is 12.2. The fraction of sp³-hybridized carbons (Fsp3) is 0.533. The van der Waals surface area contributed by atoms with Crippen LogP contribution in [0.5, 0.6) is 0 Å². The molecule has 2 atom stereocenters. The van der Waals surface area contributed by atoms with Crippen molar-refractivity contribution in [2.45, 2.75) is 51.6 Å². The standard InChI is InChI=1S/C15H21NO/c1-12-8-6-7-9-13(2)16(12)15(17)14-10-4-3-5-11-14/h3-5,10-13H,6-9H2,1-2H3/t12-,13-/m1/s1. The van der Waals surface area contributed by atoms with E-state index in [1.165, 1.54) is 12.8 Å². The molecule has 0 bridgehead atoms. The van der Waals surface area contributed by atoms with E-state index >= 15 is 0 Å². The second-order valence-corrected chi connectivity index (χ2v) is 5.06. The highest BCUT2D eigenvalue weighted by molar-refractivity contribution is 5.94. The van der Waals surface area contributed by atoms with Crippen LogP contribution in [-0.4, -0.2) is 22.9 Å². The topological polar surface area (TPSA) is 20.3 Å². The molecule has 1 aromatic carbocycles. The number of nitrogens with zero attached hydrogens (tertiary/aromatic N) is 1. The van der Waals surface area contributed by atoms with Crippen molar-refractivity contribution in [3.8, 4) is 0 Å². The molecule has 1 aliphatic rings. The maximum Gasteiger partial charge on any atom is 0.254 e. The van der Waals surface area contributed by atoms with Crippen LogP contribution in [0.25, 0.3) is 0 Å². The molecular weight excluding hydrogens is 210 g/mol. The highest BCUT2D eigenvalue weighted by Crippen LogP contribution is 2.23. The minimum Gasteiger partial charge on any atom is -0.333 e. The Morgan fingerprint density at radius 3 is 2.12 bits per heavy atom. The summed E-state index contributed by atoms with van der Waals surface area (Å²) in [6.07, 6.45) is 4.74. The van der Waals surface area contributed by atoms with Gasteiger partial charge in [-0.1, -0.05) is 31.0 Å². The SMILES string of the molecule is C[C@@H]1CCCC[C@@H](C)N1C(=O)c1ccccc1. The van der Waals surface area contributed by atoms with Gasteiger partial charge in [0.1, 0.15) is 0 Å². The second-order valence-electron chi connectivity index (χ2n) is 5.06. The summed E-state index contributed by atoms with van der Waals surface area (Å²) < 4.78 is 0. The molecule has 0 spiro atoms. The fourth-order valence-electron chi connectivity index (χ4n) is 2.72. The van der Waals surface area contributed by atoms with E-state index in [1.54, 1.807) is 0 Å². The number of hydrogen-bond donors (Lipinski definition) is 0. The summed E-state index contributed by atoms with van der Waals surface area (Å²) in [7, 11) is 0. The monoisotopic (exact) mass is 231 g/mol. The van der Waals surface area contributed by atoms with E-state index in [-0.39, 0.29) is 5.91 Å². The number of carbonyl (C=O) groups excluding carboxylic acids is 1. The predicted octanol–water partition coefficient (Wildman–Crippen LogP) is 3.48. The van der Waals surface area contributed by atoms with E-state index in [2.05, 4.69) is 18.7 Å². The lowest BCUT2D eigenvalue weighted by Gasteiger charge is -2.32. The number of likely N-dealkylation sites (tertiary alicyclic amines) is 1. The van der Waals surface area contributed by atoms with Crippen molar-refractivity contribution in [3.63, 3.8) is 0 Å². The Hall–Kier alpha value is -1.31. The average molecular weight is 231 g/mol. The largest absolute Gasteiger partial charge is 0.333 e. The van der Waals surface area contributed by atoms with Crippen molar-refractivity contribution in [2.75, 3.05) is 0 Å². The van der Waals surface area contributed by atoms with E-state index in [1.807, 2.05) is 30.3 Å². The molecule has 1 heterocycles. The van der Waals surface area contributed by atoms with Gasteiger partial charge in [0.25, 0.3) is 5.91 Å². The van der Waals surface area contributed by atoms with Crippen LogP contribution in [0.2, 0.25) is 0 Å². The number of rotatable bonds is 1. The van der Waals surface area contributed by atoms with Crippen LogP contribution in [-0.2, 0) is 0 Å². The van der Waals surface area contributed by atoms with Crippen LogP contribution in [0, 0.1) is 0 Å². The van der Waals surface area contributed by atoms with Gasteiger partial charge in [-0.2, -0.15) is 0 Å². The molecule has 0 saturated carbocycles. The Bertz CT molecular complexity index is 362. The first-order valence-corrected chi connectivity index (χ1v) is 6.58. The van der Waals surface area contributed by atoms with E-state index in [4.69, 9.17) is 0 Å². The molecule has 1 saturated heterocycles. The fourth-order valence-corrected chi connectivity index (χ4v) is 2.72. The van der Waals surface area contributed by atoms with Crippen molar-refractivity contribution in [3.05, 3.63) is 35.9 Å². The first-order chi connectivity index (χ1) is 8.20. The Labute approximate surface area is 104 Å². The molecule has 0 aliphatic carbocycles. The van der Waals surface area contributed by atoms with Crippen molar-refractivity contribution in [2.24, 2.45) is 0 Å². The van der Waals surface area contributed by atoms with E-state index in [9.17, 15) is 4.79 Å². The van der Waals surface area contributed by atoms with Gasteiger partial charge in [-0.3, -0.25) is 4.79 Å². The van der Waals surface area contributed by atoms with Gasteiger partial charge >= 0.3 is 0 Å². The zero-order chi connectivity index (χ0) is 12.3. The van der Waals surface area contributed by atoms with Crippen LogP contribution in [0.1, 0.15) is 49.9 Å². The van der Waals surface area contributed by atoms with Gasteiger partial charge in [0.15, 0.2) is 0 Å². The normalized spacial score (nSPS) is 25.4. The van der Waals surface area contributed by atoms with E-state index in [0.717, 1.165) is 18.4 Å². The molecule has 0 N–H and O–H groups in total. The minimum absolute atomic E-state index is 0.188. The molecule has 2 heteroatoms. The van der Waals surface area contributed by atoms with E-state index < -0.39 is 0 Å². The molecule has 0 aromatic heterocycles. The Morgan fingerprint density at radius 1 is 1.06 bits per heavy atom. The van der Waals surface area contributed by atoms with Crippen LogP contribution >= 0.6 is 0 Å². The van der Waals surface area contributed by atoms with Gasteiger partial charge in [0, 0.05) is 17.6 Å². The van der Waals surface area contributed by atoms with Crippen molar-refractivity contribution >= 4 is 5.91 Å². The third-order valence-electron chi connectivity index (χ3n) is 3.70. The highest BCUT2D eigenvalue weighted by Gasteiger charge is 2.27. The number of amides is 1. The third kappa shape index (κ3) is 2.68. The molecule has 1 aliphatic heterocycles. The van der Waals surface area contributed by atoms with Crippen LogP contribution in [0.4, 0.5) is 0 Å². The van der Waals surface area contributed by atoms with Crippen molar-refractivity contribution in [1.29, 1.82) is 0 Å². The lowest BCUT2D eigenvalue weighted by molar-refractivity contribution is 0.0614. The molecule has 1 aromatic rings. The van der Waals surface area contributed by atoms with Gasteiger partial charge in [0.05, 0.1) is 0 Å². The van der Waals surface area contributed by atoms with Gasteiger partial charge in [-0.25, -0.2) is 0 Å². The first-order valence-electron chi connectivity index (χ1n) is 6.58. The zero-order valence-corrected chi connectivity index (χ0v) is 10.7. The van der Waals surface area contributed by atoms with E-state index in [0.29, 0.717) is 12.1 Å². The number of hydrogen-bond acceptors (Lipinski definition) is 1. The second kappa shape index (κ2) is 5.35. The summed E-state index contributed by atoms with van der Waals surface area (Å²) >= 11 is 0. The highest BCUT2D eigenvalue weighted by atomic mass is 16.2. The smallest absolute Gasteiger partial charge is 0.254 e. The molecule has 2 nitrogen and oxygen atoms in total. The van der Waals surface area contributed by atoms with Crippen LogP contribution in [0.15, 0.2) is 30.3 Å². The molecule has 0 unspecified atom stereocenters. The molecule has 17 heavy (non-hydrogen) atoms. The summed E-state index contributed by atoms with van der Waals surface area (Å²) in [4.78, 5) is 14.6. The number of carbonyl (C=O) groups is 1. The van der Waals surface area contributed by atoms with Crippen LogP contribution < -0.4 is 0 Å². The maximum absolute atomic E-state index is 12.5. The van der Waals surface area contributed by atoms with Crippen LogP contribution in [0.3, 0.4) is 0 Å². The van der Waals surface area contributed by atoms with Gasteiger partial charge in [-0.05, 0) is 38.8 Å². The molecular formula is C15H21NO. The molecule has 1 amide bonds. The molecule has 0 radical (unpaired) electrons. The van der Waals surface area contributed by atoms with Gasteiger partial charge in [0.2, 0.25) is 0 Å². The third-order valence-corrected chi connectivity index (χ3v) is 3.70. The average Bonchev–Trinajstić information content (AvgIpc) is 2.51. The minimum atomic E-state index is 0.188. The predicted molar refractivity (Wildman–Crippen MR) is 70.0 cm³/mol. The molecule has 1 fully saturated rings. The lowest BCUT2D eigenvalue weighted by atomic mass is 10.1. The Kier molecular flexibility index (Phi) is 3.82.